The predicted octanol–water partition coefficient (Wildman–Crippen LogP) is 2.42. The molecule has 0 saturated carbocycles. The third kappa shape index (κ3) is 4.31. The lowest BCUT2D eigenvalue weighted by molar-refractivity contribution is 0.0551. The SMILES string of the molecule is COc1ccccc1OCC(O)CN1CCC(n2c(=O)[nH]c3ccccc32)CC1. The van der Waals surface area contributed by atoms with E-state index < -0.39 is 6.10 Å². The first kappa shape index (κ1) is 19.5. The molecule has 2 N–H and O–H groups in total. The number of aliphatic hydroxyl groups is 1. The second kappa shape index (κ2) is 8.71. The normalized spacial score (nSPS) is 16.8. The van der Waals surface area contributed by atoms with E-state index in [1.54, 1.807) is 7.11 Å². The van der Waals surface area contributed by atoms with E-state index >= 15 is 0 Å². The Morgan fingerprint density at radius 3 is 2.55 bits per heavy atom. The molecule has 0 aliphatic carbocycles. The summed E-state index contributed by atoms with van der Waals surface area (Å²) in [5, 5.41) is 10.4. The number of aromatic amines is 1. The zero-order valence-electron chi connectivity index (χ0n) is 16.6. The van der Waals surface area contributed by atoms with E-state index in [9.17, 15) is 9.90 Å². The molecule has 3 aromatic rings. The molecule has 2 heterocycles. The largest absolute Gasteiger partial charge is 0.493 e. The minimum Gasteiger partial charge on any atom is -0.493 e. The summed E-state index contributed by atoms with van der Waals surface area (Å²) in [6, 6.07) is 15.4. The van der Waals surface area contributed by atoms with Crippen LogP contribution in [0, 0.1) is 0 Å². The Balaban J connectivity index is 1.30. The van der Waals surface area contributed by atoms with Crippen LogP contribution in [-0.4, -0.2) is 59.0 Å². The fourth-order valence-corrected chi connectivity index (χ4v) is 4.07. The van der Waals surface area contributed by atoms with Crippen LogP contribution in [0.25, 0.3) is 11.0 Å². The summed E-state index contributed by atoms with van der Waals surface area (Å²) in [5.74, 6) is 1.29. The van der Waals surface area contributed by atoms with Gasteiger partial charge >= 0.3 is 5.69 Å². The fraction of sp³-hybridized carbons (Fsp3) is 0.409. The number of methoxy groups -OCH3 is 1. The van der Waals surface area contributed by atoms with Gasteiger partial charge in [-0.25, -0.2) is 4.79 Å². The summed E-state index contributed by atoms with van der Waals surface area (Å²) in [7, 11) is 1.60. The Morgan fingerprint density at radius 2 is 1.79 bits per heavy atom. The molecule has 1 atom stereocenters. The molecule has 7 nitrogen and oxygen atoms in total. The number of nitrogens with zero attached hydrogens (tertiary/aromatic N) is 2. The number of aromatic nitrogens is 2. The van der Waals surface area contributed by atoms with Crippen molar-refractivity contribution in [3.8, 4) is 11.5 Å². The van der Waals surface area contributed by atoms with Crippen LogP contribution in [0.15, 0.2) is 53.3 Å². The number of ether oxygens (including phenoxy) is 2. The summed E-state index contributed by atoms with van der Waals surface area (Å²) in [6.07, 6.45) is 1.16. The molecule has 2 aromatic carbocycles. The van der Waals surface area contributed by atoms with E-state index in [2.05, 4.69) is 9.88 Å². The van der Waals surface area contributed by atoms with E-state index in [4.69, 9.17) is 9.47 Å². The second-order valence-corrected chi connectivity index (χ2v) is 7.46. The van der Waals surface area contributed by atoms with Crippen LogP contribution in [0.5, 0.6) is 11.5 Å². The number of nitrogens with one attached hydrogen (secondary N) is 1. The first-order valence-corrected chi connectivity index (χ1v) is 10.0. The highest BCUT2D eigenvalue weighted by atomic mass is 16.5. The third-order valence-corrected chi connectivity index (χ3v) is 5.52. The van der Waals surface area contributed by atoms with Crippen LogP contribution < -0.4 is 15.2 Å². The number of hydrogen-bond acceptors (Lipinski definition) is 5. The topological polar surface area (TPSA) is 79.7 Å². The molecular formula is C22H27N3O4. The monoisotopic (exact) mass is 397 g/mol. The molecular weight excluding hydrogens is 370 g/mol. The van der Waals surface area contributed by atoms with Gasteiger partial charge in [-0.15, -0.1) is 0 Å². The van der Waals surface area contributed by atoms with Crippen molar-refractivity contribution < 1.29 is 14.6 Å². The van der Waals surface area contributed by atoms with Crippen LogP contribution in [0.4, 0.5) is 0 Å². The number of β-amino-alcohol motifs (C(OH)–C–C–N with tert-alkyl or cyclic N) is 1. The van der Waals surface area contributed by atoms with Gasteiger partial charge in [0, 0.05) is 25.7 Å². The summed E-state index contributed by atoms with van der Waals surface area (Å²) >= 11 is 0. The van der Waals surface area contributed by atoms with Crippen molar-refractivity contribution in [2.45, 2.75) is 25.0 Å². The van der Waals surface area contributed by atoms with Gasteiger partial charge in [0.1, 0.15) is 12.7 Å². The quantitative estimate of drug-likeness (QED) is 0.640. The Hall–Kier alpha value is -2.77. The van der Waals surface area contributed by atoms with Crippen LogP contribution in [0.1, 0.15) is 18.9 Å². The number of aliphatic hydroxyl groups excluding tert-OH is 1. The number of likely N-dealkylation sites (tertiary alicyclic amines) is 1. The lowest BCUT2D eigenvalue weighted by Gasteiger charge is -2.33. The Labute approximate surface area is 169 Å². The van der Waals surface area contributed by atoms with Crippen LogP contribution in [-0.2, 0) is 0 Å². The fourth-order valence-electron chi connectivity index (χ4n) is 4.07. The number of imidazole rings is 1. The van der Waals surface area contributed by atoms with Crippen LogP contribution >= 0.6 is 0 Å². The molecule has 0 spiro atoms. The molecule has 7 heteroatoms. The highest BCUT2D eigenvalue weighted by Crippen LogP contribution is 2.27. The van der Waals surface area contributed by atoms with Gasteiger partial charge in [0.05, 0.1) is 18.1 Å². The third-order valence-electron chi connectivity index (χ3n) is 5.52. The second-order valence-electron chi connectivity index (χ2n) is 7.46. The van der Waals surface area contributed by atoms with E-state index in [1.807, 2.05) is 53.1 Å². The first-order chi connectivity index (χ1) is 14.2. The van der Waals surface area contributed by atoms with Crippen molar-refractivity contribution in [2.24, 2.45) is 0 Å². The molecule has 4 rings (SSSR count). The molecule has 1 fully saturated rings. The zero-order chi connectivity index (χ0) is 20.2. The van der Waals surface area contributed by atoms with Crippen LogP contribution in [0.2, 0.25) is 0 Å². The smallest absolute Gasteiger partial charge is 0.326 e. The molecule has 1 unspecified atom stereocenters. The number of piperidine rings is 1. The van der Waals surface area contributed by atoms with Crippen LogP contribution in [0.3, 0.4) is 0 Å². The van der Waals surface area contributed by atoms with E-state index in [-0.39, 0.29) is 18.3 Å². The van der Waals surface area contributed by atoms with Crippen molar-refractivity contribution >= 4 is 11.0 Å². The molecule has 1 aliphatic heterocycles. The number of fused-ring (bicyclic) bond motifs is 1. The van der Waals surface area contributed by atoms with Gasteiger partial charge in [-0.1, -0.05) is 24.3 Å². The molecule has 29 heavy (non-hydrogen) atoms. The molecule has 1 aromatic heterocycles. The van der Waals surface area contributed by atoms with E-state index in [0.717, 1.165) is 37.0 Å². The number of H-pyrrole nitrogens is 1. The Morgan fingerprint density at radius 1 is 1.10 bits per heavy atom. The zero-order valence-corrected chi connectivity index (χ0v) is 16.6. The van der Waals surface area contributed by atoms with Crippen molar-refractivity contribution in [3.05, 3.63) is 59.0 Å². The molecule has 154 valence electrons. The minimum absolute atomic E-state index is 0.0464. The predicted molar refractivity (Wildman–Crippen MR) is 112 cm³/mol. The van der Waals surface area contributed by atoms with Gasteiger partial charge < -0.3 is 24.5 Å². The maximum atomic E-state index is 12.4. The molecule has 0 radical (unpaired) electrons. The number of rotatable bonds is 7. The van der Waals surface area contributed by atoms with E-state index in [1.165, 1.54) is 0 Å². The average molecular weight is 397 g/mol. The van der Waals surface area contributed by atoms with Gasteiger partial charge in [-0.3, -0.25) is 4.57 Å². The van der Waals surface area contributed by atoms with E-state index in [0.29, 0.717) is 18.0 Å². The lowest BCUT2D eigenvalue weighted by Crippen LogP contribution is -2.42. The van der Waals surface area contributed by atoms with Crippen molar-refractivity contribution in [3.63, 3.8) is 0 Å². The van der Waals surface area contributed by atoms with Gasteiger partial charge in [-0.05, 0) is 37.1 Å². The van der Waals surface area contributed by atoms with Crippen molar-refractivity contribution in [1.29, 1.82) is 0 Å². The summed E-state index contributed by atoms with van der Waals surface area (Å²) in [5.41, 5.74) is 1.79. The van der Waals surface area contributed by atoms with Gasteiger partial charge in [0.15, 0.2) is 11.5 Å². The maximum absolute atomic E-state index is 12.4. The molecule has 1 saturated heterocycles. The van der Waals surface area contributed by atoms with Gasteiger partial charge in [0.25, 0.3) is 0 Å². The van der Waals surface area contributed by atoms with Crippen molar-refractivity contribution in [2.75, 3.05) is 33.4 Å². The van der Waals surface area contributed by atoms with Gasteiger partial charge in [0.2, 0.25) is 0 Å². The maximum Gasteiger partial charge on any atom is 0.326 e. The molecule has 0 amide bonds. The van der Waals surface area contributed by atoms with Gasteiger partial charge in [-0.2, -0.15) is 0 Å². The standard InChI is InChI=1S/C22H27N3O4/c1-28-20-8-4-5-9-21(20)29-15-17(26)14-24-12-10-16(11-13-24)25-19-7-3-2-6-18(19)23-22(25)27/h2-9,16-17,26H,10-15H2,1H3,(H,23,27). The first-order valence-electron chi connectivity index (χ1n) is 10.0. The molecule has 0 bridgehead atoms. The van der Waals surface area contributed by atoms with Crippen molar-refractivity contribution in [1.82, 2.24) is 14.5 Å². The number of benzene rings is 2. The lowest BCUT2D eigenvalue weighted by atomic mass is 10.0. The molecule has 1 aliphatic rings. The Bertz CT molecular complexity index is 1000. The average Bonchev–Trinajstić information content (AvgIpc) is 3.09. The number of para-hydroxylation sites is 4. The summed E-state index contributed by atoms with van der Waals surface area (Å²) < 4.78 is 12.9. The summed E-state index contributed by atoms with van der Waals surface area (Å²) in [4.78, 5) is 17.6. The minimum atomic E-state index is -0.590. The highest BCUT2D eigenvalue weighted by Gasteiger charge is 2.24. The Kier molecular flexibility index (Phi) is 5.87. The summed E-state index contributed by atoms with van der Waals surface area (Å²) in [6.45, 7) is 2.43. The number of hydrogen-bond donors (Lipinski definition) is 2. The highest BCUT2D eigenvalue weighted by molar-refractivity contribution is 5.75.